The lowest BCUT2D eigenvalue weighted by atomic mass is 10.2. The number of aromatic nitrogens is 2. The number of amides is 1. The van der Waals surface area contributed by atoms with Gasteiger partial charge in [-0.2, -0.15) is 4.98 Å². The monoisotopic (exact) mass is 345 g/mol. The Morgan fingerprint density at radius 2 is 2.18 bits per heavy atom. The number of hydrogen-bond acceptors (Lipinski definition) is 6. The minimum atomic E-state index is -0.497. The summed E-state index contributed by atoms with van der Waals surface area (Å²) < 4.78 is 11.2. The van der Waals surface area contributed by atoms with Gasteiger partial charge in [-0.15, -0.1) is 0 Å². The van der Waals surface area contributed by atoms with Crippen molar-refractivity contribution in [1.82, 2.24) is 14.9 Å². The highest BCUT2D eigenvalue weighted by Gasteiger charge is 2.31. The number of likely N-dealkylation sites (tertiary alicyclic amines) is 1. The Balaban J connectivity index is 1.94. The van der Waals surface area contributed by atoms with E-state index >= 15 is 0 Å². The molecule has 0 bridgehead atoms. The zero-order valence-corrected chi connectivity index (χ0v) is 14.7. The summed E-state index contributed by atoms with van der Waals surface area (Å²) in [5, 5.41) is 0.904. The Kier molecular flexibility index (Phi) is 5.39. The summed E-state index contributed by atoms with van der Waals surface area (Å²) in [6, 6.07) is 1.58. The maximum absolute atomic E-state index is 12.0. The van der Waals surface area contributed by atoms with Crippen molar-refractivity contribution in [1.29, 1.82) is 0 Å². The molecule has 1 aromatic rings. The number of rotatable bonds is 3. The molecule has 22 heavy (non-hydrogen) atoms. The molecule has 0 saturated carbocycles. The lowest BCUT2D eigenvalue weighted by Crippen LogP contribution is -2.36. The minimum Gasteiger partial charge on any atom is -0.472 e. The lowest BCUT2D eigenvalue weighted by molar-refractivity contribution is 0.0274. The van der Waals surface area contributed by atoms with Gasteiger partial charge in [0, 0.05) is 19.0 Å². The van der Waals surface area contributed by atoms with Crippen LogP contribution in [0.3, 0.4) is 0 Å². The predicted molar refractivity (Wildman–Crippen MR) is 85.7 cm³/mol. The summed E-state index contributed by atoms with van der Waals surface area (Å²) in [5.74, 6) is 0.431. The van der Waals surface area contributed by atoms with Crippen molar-refractivity contribution < 1.29 is 14.3 Å². The summed E-state index contributed by atoms with van der Waals surface area (Å²) in [6.07, 6.45) is 2.17. The van der Waals surface area contributed by atoms with Crippen LogP contribution < -0.4 is 4.74 Å². The molecular formula is C14H20ClN3O3S. The van der Waals surface area contributed by atoms with Crippen LogP contribution in [0.1, 0.15) is 27.2 Å². The average Bonchev–Trinajstić information content (AvgIpc) is 2.84. The second-order valence-corrected chi connectivity index (χ2v) is 7.13. The number of thioether (sulfide) groups is 1. The van der Waals surface area contributed by atoms with E-state index < -0.39 is 5.60 Å². The van der Waals surface area contributed by atoms with Gasteiger partial charge in [0.05, 0.1) is 6.54 Å². The molecule has 1 aliphatic heterocycles. The van der Waals surface area contributed by atoms with Crippen molar-refractivity contribution >= 4 is 29.5 Å². The minimum absolute atomic E-state index is 0.117. The fourth-order valence-corrected chi connectivity index (χ4v) is 2.61. The molecule has 1 amide bonds. The third-order valence-electron chi connectivity index (χ3n) is 2.92. The zero-order chi connectivity index (χ0) is 16.3. The van der Waals surface area contributed by atoms with Crippen LogP contribution in [0.5, 0.6) is 5.88 Å². The molecule has 1 atom stereocenters. The van der Waals surface area contributed by atoms with E-state index in [2.05, 4.69) is 9.97 Å². The van der Waals surface area contributed by atoms with Crippen LogP contribution in [-0.4, -0.2) is 52.0 Å². The first-order valence-corrected chi connectivity index (χ1v) is 8.60. The first kappa shape index (κ1) is 17.1. The Hall–Kier alpha value is -1.21. The average molecular weight is 346 g/mol. The molecule has 1 fully saturated rings. The molecule has 2 rings (SSSR count). The summed E-state index contributed by atoms with van der Waals surface area (Å²) >= 11 is 7.33. The molecule has 1 aromatic heterocycles. The van der Waals surface area contributed by atoms with Crippen LogP contribution in [0.4, 0.5) is 4.79 Å². The number of nitrogens with zero attached hydrogens (tertiary/aromatic N) is 3. The largest absolute Gasteiger partial charge is 0.472 e. The van der Waals surface area contributed by atoms with E-state index in [-0.39, 0.29) is 12.2 Å². The van der Waals surface area contributed by atoms with Crippen LogP contribution in [-0.2, 0) is 4.74 Å². The van der Waals surface area contributed by atoms with Crippen molar-refractivity contribution in [2.75, 3.05) is 19.3 Å². The van der Waals surface area contributed by atoms with E-state index in [0.717, 1.165) is 6.42 Å². The van der Waals surface area contributed by atoms with Gasteiger partial charge in [0.15, 0.2) is 5.16 Å². The smallest absolute Gasteiger partial charge is 0.410 e. The first-order chi connectivity index (χ1) is 10.3. The van der Waals surface area contributed by atoms with E-state index in [1.54, 1.807) is 11.0 Å². The standard InChI is InChI=1S/C14H20ClN3O3S/c1-14(2,3)21-13(19)18-6-5-9(8-18)20-11-7-10(15)16-12(17-11)22-4/h7,9H,5-6,8H2,1-4H3/t9-/m1/s1. The Bertz CT molecular complexity index is 551. The highest BCUT2D eigenvalue weighted by Crippen LogP contribution is 2.23. The third kappa shape index (κ3) is 4.91. The van der Waals surface area contributed by atoms with Gasteiger partial charge in [-0.25, -0.2) is 9.78 Å². The number of halogens is 1. The quantitative estimate of drug-likeness (QED) is 0.476. The Morgan fingerprint density at radius 3 is 2.82 bits per heavy atom. The summed E-state index contributed by atoms with van der Waals surface area (Å²) in [5.41, 5.74) is -0.497. The number of carbonyl (C=O) groups excluding carboxylic acids is 1. The van der Waals surface area contributed by atoms with E-state index in [4.69, 9.17) is 21.1 Å². The number of hydrogen-bond donors (Lipinski definition) is 0. The molecule has 0 spiro atoms. The van der Waals surface area contributed by atoms with Crippen molar-refractivity contribution in [2.24, 2.45) is 0 Å². The molecule has 8 heteroatoms. The van der Waals surface area contributed by atoms with Crippen molar-refractivity contribution in [2.45, 2.75) is 44.1 Å². The fraction of sp³-hybridized carbons (Fsp3) is 0.643. The maximum atomic E-state index is 12.0. The summed E-state index contributed by atoms with van der Waals surface area (Å²) in [6.45, 7) is 6.63. The molecule has 122 valence electrons. The predicted octanol–water partition coefficient (Wildman–Crippen LogP) is 3.24. The Morgan fingerprint density at radius 1 is 1.45 bits per heavy atom. The molecule has 0 radical (unpaired) electrons. The number of carbonyl (C=O) groups is 1. The van der Waals surface area contributed by atoms with Gasteiger partial charge < -0.3 is 14.4 Å². The van der Waals surface area contributed by atoms with Gasteiger partial charge in [-0.3, -0.25) is 0 Å². The zero-order valence-electron chi connectivity index (χ0n) is 13.1. The molecular weight excluding hydrogens is 326 g/mol. The number of ether oxygens (including phenoxy) is 2. The van der Waals surface area contributed by atoms with Crippen molar-refractivity contribution in [3.63, 3.8) is 0 Å². The lowest BCUT2D eigenvalue weighted by Gasteiger charge is -2.24. The highest BCUT2D eigenvalue weighted by atomic mass is 35.5. The van der Waals surface area contributed by atoms with Crippen LogP contribution in [0, 0.1) is 0 Å². The van der Waals surface area contributed by atoms with Crippen LogP contribution in [0.25, 0.3) is 0 Å². The Labute approximate surface area is 139 Å². The maximum Gasteiger partial charge on any atom is 0.410 e. The topological polar surface area (TPSA) is 64.5 Å². The van der Waals surface area contributed by atoms with E-state index in [1.165, 1.54) is 11.8 Å². The van der Waals surface area contributed by atoms with E-state index in [9.17, 15) is 4.79 Å². The highest BCUT2D eigenvalue weighted by molar-refractivity contribution is 7.98. The van der Waals surface area contributed by atoms with Crippen LogP contribution >= 0.6 is 23.4 Å². The second kappa shape index (κ2) is 6.91. The summed E-state index contributed by atoms with van der Waals surface area (Å²) in [7, 11) is 0. The van der Waals surface area contributed by atoms with Gasteiger partial charge >= 0.3 is 6.09 Å². The van der Waals surface area contributed by atoms with Crippen LogP contribution in [0.15, 0.2) is 11.2 Å². The molecule has 1 aliphatic rings. The van der Waals surface area contributed by atoms with Crippen LogP contribution in [0.2, 0.25) is 5.15 Å². The first-order valence-electron chi connectivity index (χ1n) is 7.00. The summed E-state index contributed by atoms with van der Waals surface area (Å²) in [4.78, 5) is 22.0. The molecule has 0 unspecified atom stereocenters. The SMILES string of the molecule is CSc1nc(Cl)cc(O[C@@H]2CCN(C(=O)OC(C)(C)C)C2)n1. The molecule has 0 aromatic carbocycles. The molecule has 1 saturated heterocycles. The third-order valence-corrected chi connectivity index (χ3v) is 3.66. The molecule has 0 N–H and O–H groups in total. The van der Waals surface area contributed by atoms with Gasteiger partial charge in [-0.1, -0.05) is 23.4 Å². The normalized spacial score (nSPS) is 18.4. The molecule has 2 heterocycles. The second-order valence-electron chi connectivity index (χ2n) is 5.97. The van der Waals surface area contributed by atoms with Gasteiger partial charge in [0.1, 0.15) is 16.9 Å². The molecule has 0 aliphatic carbocycles. The van der Waals surface area contributed by atoms with E-state index in [0.29, 0.717) is 29.3 Å². The van der Waals surface area contributed by atoms with E-state index in [1.807, 2.05) is 27.0 Å². The van der Waals surface area contributed by atoms with Gasteiger partial charge in [0.25, 0.3) is 0 Å². The van der Waals surface area contributed by atoms with Crippen molar-refractivity contribution in [3.05, 3.63) is 11.2 Å². The van der Waals surface area contributed by atoms with Gasteiger partial charge in [0.2, 0.25) is 5.88 Å². The molecule has 6 nitrogen and oxygen atoms in total. The fourth-order valence-electron chi connectivity index (χ4n) is 2.02. The van der Waals surface area contributed by atoms with Crippen molar-refractivity contribution in [3.8, 4) is 5.88 Å². The van der Waals surface area contributed by atoms with Gasteiger partial charge in [-0.05, 0) is 27.0 Å².